The molecule has 1 unspecified atom stereocenters. The van der Waals surface area contributed by atoms with Crippen molar-refractivity contribution in [1.82, 2.24) is 0 Å². The molecular formula is C62H116O6. The van der Waals surface area contributed by atoms with Crippen molar-refractivity contribution in [3.63, 3.8) is 0 Å². The monoisotopic (exact) mass is 957 g/mol. The van der Waals surface area contributed by atoms with Gasteiger partial charge >= 0.3 is 17.9 Å². The van der Waals surface area contributed by atoms with Gasteiger partial charge in [-0.3, -0.25) is 14.4 Å². The summed E-state index contributed by atoms with van der Waals surface area (Å²) < 4.78 is 16.9. The van der Waals surface area contributed by atoms with E-state index in [1.165, 1.54) is 225 Å². The first-order valence-corrected chi connectivity index (χ1v) is 30.3. The molecule has 0 aliphatic carbocycles. The molecule has 0 aliphatic rings. The zero-order chi connectivity index (χ0) is 49.3. The number of unbranched alkanes of at least 4 members (excludes halogenated alkanes) is 41. The average molecular weight is 958 g/mol. The molecule has 0 saturated heterocycles. The van der Waals surface area contributed by atoms with E-state index in [1.54, 1.807) is 0 Å². The highest BCUT2D eigenvalue weighted by atomic mass is 16.6. The van der Waals surface area contributed by atoms with E-state index in [4.69, 9.17) is 14.2 Å². The SMILES string of the molecule is CCCCCCCCCCC/C=C\CCCCCCCC(=O)OCC(COC(=O)CCCCCCCCCCCCCCCC)OC(=O)CCCCCCC/C=C\CCCCCCCCCCC. The van der Waals surface area contributed by atoms with Crippen LogP contribution in [0.15, 0.2) is 24.3 Å². The van der Waals surface area contributed by atoms with Gasteiger partial charge in [-0.25, -0.2) is 0 Å². The first-order valence-electron chi connectivity index (χ1n) is 30.3. The van der Waals surface area contributed by atoms with Gasteiger partial charge in [-0.15, -0.1) is 0 Å². The Morgan fingerprint density at radius 3 is 0.735 bits per heavy atom. The van der Waals surface area contributed by atoms with Crippen LogP contribution in [0.4, 0.5) is 0 Å². The van der Waals surface area contributed by atoms with Crippen molar-refractivity contribution < 1.29 is 28.6 Å². The molecule has 0 saturated carbocycles. The molecule has 400 valence electrons. The largest absolute Gasteiger partial charge is 0.462 e. The van der Waals surface area contributed by atoms with Crippen LogP contribution >= 0.6 is 0 Å². The van der Waals surface area contributed by atoms with Crippen LogP contribution in [0, 0.1) is 0 Å². The van der Waals surface area contributed by atoms with Crippen molar-refractivity contribution in [3.05, 3.63) is 24.3 Å². The van der Waals surface area contributed by atoms with Gasteiger partial charge in [0.25, 0.3) is 0 Å². The number of hydrogen-bond donors (Lipinski definition) is 0. The second-order valence-corrected chi connectivity index (χ2v) is 20.6. The lowest BCUT2D eigenvalue weighted by atomic mass is 10.0. The van der Waals surface area contributed by atoms with Crippen molar-refractivity contribution in [1.29, 1.82) is 0 Å². The first-order chi connectivity index (χ1) is 33.5. The maximum absolute atomic E-state index is 12.9. The smallest absolute Gasteiger partial charge is 0.306 e. The number of carbonyl (C=O) groups is 3. The van der Waals surface area contributed by atoms with Gasteiger partial charge in [0.05, 0.1) is 0 Å². The maximum atomic E-state index is 12.9. The average Bonchev–Trinajstić information content (AvgIpc) is 3.34. The second kappa shape index (κ2) is 57.5. The van der Waals surface area contributed by atoms with Gasteiger partial charge in [-0.1, -0.05) is 270 Å². The normalized spacial score (nSPS) is 12.1. The van der Waals surface area contributed by atoms with Crippen molar-refractivity contribution in [3.8, 4) is 0 Å². The molecule has 0 aromatic heterocycles. The van der Waals surface area contributed by atoms with Crippen LogP contribution < -0.4 is 0 Å². The van der Waals surface area contributed by atoms with Crippen molar-refractivity contribution in [2.75, 3.05) is 13.2 Å². The summed E-state index contributed by atoms with van der Waals surface area (Å²) in [6.45, 7) is 6.68. The van der Waals surface area contributed by atoms with Crippen molar-refractivity contribution in [2.24, 2.45) is 0 Å². The highest BCUT2D eigenvalue weighted by molar-refractivity contribution is 5.71. The van der Waals surface area contributed by atoms with Crippen molar-refractivity contribution >= 4 is 17.9 Å². The minimum atomic E-state index is -0.776. The highest BCUT2D eigenvalue weighted by Gasteiger charge is 2.19. The van der Waals surface area contributed by atoms with Gasteiger partial charge in [0.15, 0.2) is 6.10 Å². The third-order valence-electron chi connectivity index (χ3n) is 13.7. The van der Waals surface area contributed by atoms with Gasteiger partial charge in [0.2, 0.25) is 0 Å². The summed E-state index contributed by atoms with van der Waals surface area (Å²) in [5.74, 6) is -0.867. The van der Waals surface area contributed by atoms with Crippen LogP contribution in [0.25, 0.3) is 0 Å². The molecule has 68 heavy (non-hydrogen) atoms. The Morgan fingerprint density at radius 1 is 0.279 bits per heavy atom. The molecule has 0 spiro atoms. The Kier molecular flexibility index (Phi) is 55.7. The molecule has 0 radical (unpaired) electrons. The number of ether oxygens (including phenoxy) is 3. The summed E-state index contributed by atoms with van der Waals surface area (Å²) in [6.07, 6.45) is 67.4. The van der Waals surface area contributed by atoms with Crippen LogP contribution in [0.3, 0.4) is 0 Å². The Bertz CT molecular complexity index is 1100. The molecule has 0 amide bonds. The van der Waals surface area contributed by atoms with Gasteiger partial charge in [0, 0.05) is 19.3 Å². The van der Waals surface area contributed by atoms with Gasteiger partial charge < -0.3 is 14.2 Å². The summed E-state index contributed by atoms with van der Waals surface area (Å²) in [7, 11) is 0. The lowest BCUT2D eigenvalue weighted by Gasteiger charge is -2.18. The van der Waals surface area contributed by atoms with Crippen LogP contribution in [0.5, 0.6) is 0 Å². The second-order valence-electron chi connectivity index (χ2n) is 20.6. The van der Waals surface area contributed by atoms with E-state index in [2.05, 4.69) is 45.1 Å². The Hall–Kier alpha value is -2.11. The number of hydrogen-bond acceptors (Lipinski definition) is 6. The molecular weight excluding hydrogens is 841 g/mol. The zero-order valence-electron chi connectivity index (χ0n) is 45.9. The molecule has 0 N–H and O–H groups in total. The Balaban J connectivity index is 4.34. The topological polar surface area (TPSA) is 78.9 Å². The minimum absolute atomic E-state index is 0.0727. The third kappa shape index (κ3) is 54.8. The lowest BCUT2D eigenvalue weighted by molar-refractivity contribution is -0.167. The predicted octanol–water partition coefficient (Wildman–Crippen LogP) is 20.3. The third-order valence-corrected chi connectivity index (χ3v) is 13.7. The molecule has 6 nitrogen and oxygen atoms in total. The number of esters is 3. The van der Waals surface area contributed by atoms with Gasteiger partial charge in [0.1, 0.15) is 13.2 Å². The summed E-state index contributed by atoms with van der Waals surface area (Å²) in [4.78, 5) is 38.2. The molecule has 0 aromatic rings. The van der Waals surface area contributed by atoms with E-state index in [-0.39, 0.29) is 31.1 Å². The zero-order valence-corrected chi connectivity index (χ0v) is 45.9. The Labute approximate surface area is 423 Å². The molecule has 0 aliphatic heterocycles. The van der Waals surface area contributed by atoms with Crippen LogP contribution in [-0.4, -0.2) is 37.2 Å². The number of carbonyl (C=O) groups excluding carboxylic acids is 3. The predicted molar refractivity (Wildman–Crippen MR) is 293 cm³/mol. The molecule has 0 bridgehead atoms. The fourth-order valence-corrected chi connectivity index (χ4v) is 9.08. The van der Waals surface area contributed by atoms with E-state index >= 15 is 0 Å². The fourth-order valence-electron chi connectivity index (χ4n) is 9.08. The maximum Gasteiger partial charge on any atom is 0.306 e. The highest BCUT2D eigenvalue weighted by Crippen LogP contribution is 2.17. The van der Waals surface area contributed by atoms with E-state index in [0.29, 0.717) is 19.3 Å². The summed E-state index contributed by atoms with van der Waals surface area (Å²) in [6, 6.07) is 0. The van der Waals surface area contributed by atoms with E-state index in [0.717, 1.165) is 70.6 Å². The quantitative estimate of drug-likeness (QED) is 0.0262. The van der Waals surface area contributed by atoms with Gasteiger partial charge in [-0.05, 0) is 70.6 Å². The molecule has 0 fully saturated rings. The minimum Gasteiger partial charge on any atom is -0.462 e. The van der Waals surface area contributed by atoms with E-state index in [9.17, 15) is 14.4 Å². The standard InChI is InChI=1S/C62H116O6/c1-4-7-10-13-16-19-22-25-28-30-32-34-37-40-43-46-49-52-55-61(64)67-58-59(57-66-60(63)54-51-48-45-42-39-36-27-24-21-18-15-12-9-6-3)68-62(65)56-53-50-47-44-41-38-35-33-31-29-26-23-20-17-14-11-8-5-2/h32-35,59H,4-31,36-58H2,1-3H3/b34-32-,35-33-. The number of allylic oxidation sites excluding steroid dienone is 4. The summed E-state index contributed by atoms with van der Waals surface area (Å²) in [5.41, 5.74) is 0. The molecule has 1 atom stereocenters. The lowest BCUT2D eigenvalue weighted by Crippen LogP contribution is -2.30. The van der Waals surface area contributed by atoms with Crippen LogP contribution in [-0.2, 0) is 28.6 Å². The molecule has 6 heteroatoms. The molecule has 0 rings (SSSR count). The van der Waals surface area contributed by atoms with E-state index in [1.807, 2.05) is 0 Å². The fraction of sp³-hybridized carbons (Fsp3) is 0.887. The van der Waals surface area contributed by atoms with Crippen LogP contribution in [0.2, 0.25) is 0 Å². The first kappa shape index (κ1) is 65.9. The van der Waals surface area contributed by atoms with Crippen LogP contribution in [0.1, 0.15) is 335 Å². The Morgan fingerprint density at radius 2 is 0.485 bits per heavy atom. The molecule has 0 aromatic carbocycles. The van der Waals surface area contributed by atoms with Gasteiger partial charge in [-0.2, -0.15) is 0 Å². The van der Waals surface area contributed by atoms with Crippen molar-refractivity contribution in [2.45, 2.75) is 341 Å². The summed E-state index contributed by atoms with van der Waals surface area (Å²) in [5, 5.41) is 0. The number of rotatable bonds is 56. The van der Waals surface area contributed by atoms with E-state index < -0.39 is 6.10 Å². The summed E-state index contributed by atoms with van der Waals surface area (Å²) >= 11 is 0. The molecule has 0 heterocycles.